The Kier molecular flexibility index (Phi) is 6.14. The zero-order valence-electron chi connectivity index (χ0n) is 8.50. The van der Waals surface area contributed by atoms with E-state index in [4.69, 9.17) is 4.84 Å². The van der Waals surface area contributed by atoms with Gasteiger partial charge in [0.25, 0.3) is 0 Å². The topological polar surface area (TPSA) is 46.6 Å². The third-order valence-electron chi connectivity index (χ3n) is 1.71. The Hall–Kier alpha value is -0.900. The molecular formula is C9H17NO3. The van der Waals surface area contributed by atoms with E-state index >= 15 is 0 Å². The van der Waals surface area contributed by atoms with Gasteiger partial charge in [-0.1, -0.05) is 0 Å². The third-order valence-corrected chi connectivity index (χ3v) is 1.71. The van der Waals surface area contributed by atoms with Crippen molar-refractivity contribution in [3.63, 3.8) is 0 Å². The Bertz CT molecular complexity index is 180. The predicted octanol–water partition coefficient (Wildman–Crippen LogP) is 1.16. The molecule has 0 N–H and O–H groups in total. The smallest absolute Gasteiger partial charge is 0.242 e. The van der Waals surface area contributed by atoms with Gasteiger partial charge >= 0.3 is 0 Å². The third kappa shape index (κ3) is 6.28. The van der Waals surface area contributed by atoms with Crippen LogP contribution in [0.15, 0.2) is 0 Å². The minimum absolute atomic E-state index is 0.106. The molecule has 13 heavy (non-hydrogen) atoms. The van der Waals surface area contributed by atoms with Gasteiger partial charge in [-0.05, 0) is 19.8 Å². The molecule has 0 bridgehead atoms. The van der Waals surface area contributed by atoms with Crippen LogP contribution < -0.4 is 0 Å². The molecule has 1 amide bonds. The van der Waals surface area contributed by atoms with Crippen molar-refractivity contribution in [2.24, 2.45) is 0 Å². The number of nitrogens with zero attached hydrogens (tertiary/aromatic N) is 1. The number of ketones is 1. The van der Waals surface area contributed by atoms with Crippen LogP contribution in [0.25, 0.3) is 0 Å². The Morgan fingerprint density at radius 3 is 2.23 bits per heavy atom. The lowest BCUT2D eigenvalue weighted by Gasteiger charge is -2.16. The van der Waals surface area contributed by atoms with E-state index in [1.54, 1.807) is 6.92 Å². The number of rotatable bonds is 6. The Balaban J connectivity index is 3.50. The summed E-state index contributed by atoms with van der Waals surface area (Å²) in [6, 6.07) is 0. The summed E-state index contributed by atoms with van der Waals surface area (Å²) in [5, 5.41) is 1.29. The highest BCUT2D eigenvalue weighted by Crippen LogP contribution is 1.99. The highest BCUT2D eigenvalue weighted by atomic mass is 16.7. The number of carbonyl (C=O) groups excluding carboxylic acids is 2. The fourth-order valence-electron chi connectivity index (χ4n) is 1.01. The first-order valence-electron chi connectivity index (χ1n) is 4.39. The van der Waals surface area contributed by atoms with Crippen LogP contribution >= 0.6 is 0 Å². The summed E-state index contributed by atoms with van der Waals surface area (Å²) in [4.78, 5) is 26.2. The normalized spacial score (nSPS) is 9.77. The molecule has 76 valence electrons. The summed E-state index contributed by atoms with van der Waals surface area (Å²) in [5.41, 5.74) is 0. The van der Waals surface area contributed by atoms with E-state index in [1.807, 2.05) is 0 Å². The molecule has 0 aromatic rings. The van der Waals surface area contributed by atoms with Gasteiger partial charge in [0.15, 0.2) is 0 Å². The lowest BCUT2D eigenvalue weighted by Crippen LogP contribution is -2.28. The number of hydrogen-bond donors (Lipinski definition) is 0. The summed E-state index contributed by atoms with van der Waals surface area (Å²) >= 11 is 0. The lowest BCUT2D eigenvalue weighted by atomic mass is 10.2. The zero-order valence-corrected chi connectivity index (χ0v) is 8.50. The number of hydrogen-bond acceptors (Lipinski definition) is 3. The fourth-order valence-corrected chi connectivity index (χ4v) is 1.01. The van der Waals surface area contributed by atoms with Crippen LogP contribution in [-0.4, -0.2) is 30.4 Å². The number of unbranched alkanes of at least 4 members (excludes halogenated alkanes) is 1. The predicted molar refractivity (Wildman–Crippen MR) is 48.9 cm³/mol. The van der Waals surface area contributed by atoms with Gasteiger partial charge in [-0.3, -0.25) is 9.63 Å². The average Bonchev–Trinajstić information content (AvgIpc) is 2.03. The molecule has 0 aromatic heterocycles. The van der Waals surface area contributed by atoms with Gasteiger partial charge < -0.3 is 4.79 Å². The van der Waals surface area contributed by atoms with Crippen LogP contribution in [0.5, 0.6) is 0 Å². The van der Waals surface area contributed by atoms with Crippen molar-refractivity contribution >= 4 is 11.7 Å². The number of carbonyl (C=O) groups is 2. The maximum atomic E-state index is 10.8. The SMILES string of the molecule is CON(CCCCC(C)=O)C(C)=O. The van der Waals surface area contributed by atoms with Crippen molar-refractivity contribution in [3.05, 3.63) is 0 Å². The monoisotopic (exact) mass is 187 g/mol. The number of amides is 1. The van der Waals surface area contributed by atoms with E-state index in [0.29, 0.717) is 13.0 Å². The van der Waals surface area contributed by atoms with E-state index in [2.05, 4.69) is 0 Å². The van der Waals surface area contributed by atoms with Crippen LogP contribution in [0.3, 0.4) is 0 Å². The molecule has 0 aromatic carbocycles. The van der Waals surface area contributed by atoms with Gasteiger partial charge in [0, 0.05) is 19.9 Å². The summed E-state index contributed by atoms with van der Waals surface area (Å²) in [5.74, 6) is 0.0807. The molecule has 0 aliphatic rings. The molecule has 0 atom stereocenters. The van der Waals surface area contributed by atoms with Crippen LogP contribution in [0.4, 0.5) is 0 Å². The Labute approximate surface area is 78.8 Å². The quantitative estimate of drug-likeness (QED) is 0.463. The first kappa shape index (κ1) is 12.1. The van der Waals surface area contributed by atoms with E-state index in [9.17, 15) is 9.59 Å². The maximum absolute atomic E-state index is 10.8. The van der Waals surface area contributed by atoms with Crippen LogP contribution in [-0.2, 0) is 14.4 Å². The van der Waals surface area contributed by atoms with Crippen molar-refractivity contribution < 1.29 is 14.4 Å². The number of hydroxylamine groups is 2. The van der Waals surface area contributed by atoms with Crippen molar-refractivity contribution in [3.8, 4) is 0 Å². The van der Waals surface area contributed by atoms with Crippen LogP contribution in [0.2, 0.25) is 0 Å². The Morgan fingerprint density at radius 1 is 1.23 bits per heavy atom. The van der Waals surface area contributed by atoms with E-state index < -0.39 is 0 Å². The van der Waals surface area contributed by atoms with Gasteiger partial charge in [-0.25, -0.2) is 5.06 Å². The van der Waals surface area contributed by atoms with E-state index in [-0.39, 0.29) is 11.7 Å². The summed E-state index contributed by atoms with van der Waals surface area (Å²) in [7, 11) is 1.46. The molecule has 0 rings (SSSR count). The Morgan fingerprint density at radius 2 is 1.85 bits per heavy atom. The van der Waals surface area contributed by atoms with Gasteiger partial charge in [-0.2, -0.15) is 0 Å². The van der Waals surface area contributed by atoms with Crippen molar-refractivity contribution in [1.82, 2.24) is 5.06 Å². The average molecular weight is 187 g/mol. The molecule has 0 saturated carbocycles. The van der Waals surface area contributed by atoms with Crippen molar-refractivity contribution in [1.29, 1.82) is 0 Å². The maximum Gasteiger partial charge on any atom is 0.242 e. The first-order valence-corrected chi connectivity index (χ1v) is 4.39. The van der Waals surface area contributed by atoms with Gasteiger partial charge in [0.05, 0.1) is 7.11 Å². The minimum Gasteiger partial charge on any atom is -0.300 e. The molecule has 0 spiro atoms. The summed E-state index contributed by atoms with van der Waals surface area (Å²) in [6.07, 6.45) is 2.19. The summed E-state index contributed by atoms with van der Waals surface area (Å²) in [6.45, 7) is 3.58. The molecule has 4 heteroatoms. The van der Waals surface area contributed by atoms with Crippen LogP contribution in [0.1, 0.15) is 33.1 Å². The largest absolute Gasteiger partial charge is 0.300 e. The molecule has 0 radical (unpaired) electrons. The second-order valence-corrected chi connectivity index (χ2v) is 2.96. The zero-order chi connectivity index (χ0) is 10.3. The van der Waals surface area contributed by atoms with Gasteiger partial charge in [-0.15, -0.1) is 0 Å². The van der Waals surface area contributed by atoms with Crippen LogP contribution in [0, 0.1) is 0 Å². The highest BCUT2D eigenvalue weighted by molar-refractivity contribution is 5.75. The van der Waals surface area contributed by atoms with Crippen molar-refractivity contribution in [2.45, 2.75) is 33.1 Å². The van der Waals surface area contributed by atoms with Crippen molar-refractivity contribution in [2.75, 3.05) is 13.7 Å². The minimum atomic E-state index is -0.106. The van der Waals surface area contributed by atoms with E-state index in [1.165, 1.54) is 19.1 Å². The molecular weight excluding hydrogens is 170 g/mol. The lowest BCUT2D eigenvalue weighted by molar-refractivity contribution is -0.173. The van der Waals surface area contributed by atoms with E-state index in [0.717, 1.165) is 12.8 Å². The fraction of sp³-hybridized carbons (Fsp3) is 0.778. The van der Waals surface area contributed by atoms with Gasteiger partial charge in [0.2, 0.25) is 5.91 Å². The number of Topliss-reactive ketones (excluding diaryl/α,β-unsaturated/α-hetero) is 1. The van der Waals surface area contributed by atoms with Gasteiger partial charge in [0.1, 0.15) is 5.78 Å². The molecule has 0 fully saturated rings. The molecule has 0 aliphatic heterocycles. The second-order valence-electron chi connectivity index (χ2n) is 2.96. The first-order chi connectivity index (χ1) is 6.07. The molecule has 0 unspecified atom stereocenters. The molecule has 0 aliphatic carbocycles. The second kappa shape index (κ2) is 6.60. The highest BCUT2D eigenvalue weighted by Gasteiger charge is 2.06. The standard InChI is InChI=1S/C9H17NO3/c1-8(11)6-4-5-7-10(13-3)9(2)12/h4-7H2,1-3H3. The molecule has 0 heterocycles. The molecule has 4 nitrogen and oxygen atoms in total. The summed E-state index contributed by atoms with van der Waals surface area (Å²) < 4.78 is 0. The molecule has 0 saturated heterocycles.